The van der Waals surface area contributed by atoms with Crippen LogP contribution in [0.15, 0.2) is 35.3 Å². The number of methoxy groups -OCH3 is 1. The van der Waals surface area contributed by atoms with Gasteiger partial charge in [0.15, 0.2) is 11.8 Å². The van der Waals surface area contributed by atoms with Crippen LogP contribution in [0.25, 0.3) is 0 Å². The van der Waals surface area contributed by atoms with Gasteiger partial charge in [-0.25, -0.2) is 22.8 Å². The van der Waals surface area contributed by atoms with Crippen molar-refractivity contribution >= 4 is 16.0 Å². The first kappa shape index (κ1) is 23.2. The highest BCUT2D eigenvalue weighted by molar-refractivity contribution is 7.89. The Labute approximate surface area is 183 Å². The van der Waals surface area contributed by atoms with Crippen LogP contribution in [0.1, 0.15) is 30.6 Å². The van der Waals surface area contributed by atoms with Crippen molar-refractivity contribution in [2.24, 2.45) is 4.99 Å². The molecule has 11 heteroatoms. The molecule has 1 aliphatic heterocycles. The lowest BCUT2D eigenvalue weighted by atomic mass is 10.1. The fourth-order valence-corrected chi connectivity index (χ4v) is 4.18. The average molecular weight is 450 g/mol. The quantitative estimate of drug-likeness (QED) is 0.355. The third-order valence-corrected chi connectivity index (χ3v) is 6.13. The second-order valence-electron chi connectivity index (χ2n) is 7.33. The molecule has 0 spiro atoms. The van der Waals surface area contributed by atoms with Gasteiger partial charge in [0.25, 0.3) is 0 Å². The minimum atomic E-state index is -3.41. The Balaban J connectivity index is 1.51. The molecule has 0 bridgehead atoms. The van der Waals surface area contributed by atoms with Crippen LogP contribution in [-0.4, -0.2) is 61.1 Å². The second-order valence-corrected chi connectivity index (χ2v) is 9.25. The van der Waals surface area contributed by atoms with E-state index in [1.165, 1.54) is 0 Å². The molecule has 0 radical (unpaired) electrons. The summed E-state index contributed by atoms with van der Waals surface area (Å²) in [6.45, 7) is 4.17. The summed E-state index contributed by atoms with van der Waals surface area (Å²) in [6.07, 6.45) is 1.71. The summed E-state index contributed by atoms with van der Waals surface area (Å²) in [5.74, 6) is 2.18. The van der Waals surface area contributed by atoms with E-state index in [-0.39, 0.29) is 24.9 Å². The third-order valence-electron chi connectivity index (χ3n) is 4.83. The highest BCUT2D eigenvalue weighted by atomic mass is 32.2. The maximum Gasteiger partial charge on any atom is 0.213 e. The monoisotopic (exact) mass is 449 g/mol. The Morgan fingerprint density at radius 1 is 1.32 bits per heavy atom. The second kappa shape index (κ2) is 11.2. The van der Waals surface area contributed by atoms with Crippen molar-refractivity contribution in [2.45, 2.75) is 45.5 Å². The molecular weight excluding hydrogens is 418 g/mol. The smallest absolute Gasteiger partial charge is 0.213 e. The van der Waals surface area contributed by atoms with Crippen LogP contribution in [-0.2, 0) is 40.9 Å². The first-order valence-electron chi connectivity index (χ1n) is 10.5. The van der Waals surface area contributed by atoms with Crippen LogP contribution < -0.4 is 15.4 Å². The number of benzene rings is 1. The van der Waals surface area contributed by atoms with E-state index < -0.39 is 10.0 Å². The lowest BCUT2D eigenvalue weighted by molar-refractivity contribution is 0.177. The summed E-state index contributed by atoms with van der Waals surface area (Å²) in [5, 5.41) is 11.0. The minimum Gasteiger partial charge on any atom is -0.377 e. The zero-order chi connectivity index (χ0) is 22.1. The molecule has 2 aromatic rings. The van der Waals surface area contributed by atoms with Crippen molar-refractivity contribution in [3.05, 3.63) is 47.5 Å². The molecule has 2 heterocycles. The van der Waals surface area contributed by atoms with Crippen molar-refractivity contribution in [3.63, 3.8) is 0 Å². The van der Waals surface area contributed by atoms with Gasteiger partial charge < -0.3 is 15.4 Å². The van der Waals surface area contributed by atoms with Crippen molar-refractivity contribution < 1.29 is 13.2 Å². The Morgan fingerprint density at radius 2 is 2.13 bits per heavy atom. The summed E-state index contributed by atoms with van der Waals surface area (Å²) in [5.41, 5.74) is 0.919. The number of guanidine groups is 1. The molecule has 0 aliphatic carbocycles. The van der Waals surface area contributed by atoms with Crippen LogP contribution in [0, 0.1) is 0 Å². The van der Waals surface area contributed by atoms with Crippen LogP contribution in [0.4, 0.5) is 0 Å². The van der Waals surface area contributed by atoms with Crippen LogP contribution >= 0.6 is 0 Å². The fourth-order valence-electron chi connectivity index (χ4n) is 3.32. The number of sulfonamides is 1. The highest BCUT2D eigenvalue weighted by Gasteiger charge is 2.22. The molecule has 3 rings (SSSR count). The lowest BCUT2D eigenvalue weighted by Gasteiger charge is -2.25. The van der Waals surface area contributed by atoms with Crippen molar-refractivity contribution in [3.8, 4) is 0 Å². The van der Waals surface area contributed by atoms with Crippen LogP contribution in [0.3, 0.4) is 0 Å². The van der Waals surface area contributed by atoms with Crippen molar-refractivity contribution in [1.29, 1.82) is 0 Å². The van der Waals surface area contributed by atoms with E-state index in [1.54, 1.807) is 7.11 Å². The zero-order valence-electron chi connectivity index (χ0n) is 18.0. The molecule has 0 amide bonds. The summed E-state index contributed by atoms with van der Waals surface area (Å²) >= 11 is 0. The van der Waals surface area contributed by atoms with Gasteiger partial charge in [0, 0.05) is 32.7 Å². The van der Waals surface area contributed by atoms with Crippen LogP contribution in [0.5, 0.6) is 0 Å². The predicted molar refractivity (Wildman–Crippen MR) is 119 cm³/mol. The van der Waals surface area contributed by atoms with Crippen LogP contribution in [0.2, 0.25) is 0 Å². The molecule has 1 aromatic heterocycles. The highest BCUT2D eigenvalue weighted by Crippen LogP contribution is 2.13. The first-order valence-corrected chi connectivity index (χ1v) is 12.1. The maximum absolute atomic E-state index is 12.3. The molecule has 1 unspecified atom stereocenters. The average Bonchev–Trinajstić information content (AvgIpc) is 3.15. The van der Waals surface area contributed by atoms with E-state index in [9.17, 15) is 8.42 Å². The van der Waals surface area contributed by atoms with Gasteiger partial charge in [0.1, 0.15) is 12.4 Å². The number of aromatic nitrogens is 3. The van der Waals surface area contributed by atoms with E-state index in [0.29, 0.717) is 31.5 Å². The van der Waals surface area contributed by atoms with Gasteiger partial charge >= 0.3 is 0 Å². The number of fused-ring (bicyclic) bond motifs is 1. The Kier molecular flexibility index (Phi) is 8.38. The van der Waals surface area contributed by atoms with Gasteiger partial charge in [-0.15, -0.1) is 0 Å². The predicted octanol–water partition coefficient (Wildman–Crippen LogP) is 0.414. The molecule has 0 fully saturated rings. The third kappa shape index (κ3) is 7.30. The number of nitrogens with zero attached hydrogens (tertiary/aromatic N) is 4. The van der Waals surface area contributed by atoms with Gasteiger partial charge in [-0.05, 0) is 18.9 Å². The minimum absolute atomic E-state index is 0.0747. The Morgan fingerprint density at radius 3 is 2.87 bits per heavy atom. The number of rotatable bonds is 10. The van der Waals surface area contributed by atoms with Crippen molar-refractivity contribution in [2.75, 3.05) is 26.0 Å². The molecule has 170 valence electrons. The van der Waals surface area contributed by atoms with Crippen molar-refractivity contribution in [1.82, 2.24) is 30.1 Å². The van der Waals surface area contributed by atoms with E-state index in [2.05, 4.69) is 30.4 Å². The maximum atomic E-state index is 12.3. The summed E-state index contributed by atoms with van der Waals surface area (Å²) in [7, 11) is -1.79. The number of aliphatic imine (C=N–C) groups is 1. The van der Waals surface area contributed by atoms with E-state index >= 15 is 0 Å². The normalized spacial score (nSPS) is 16.7. The standard InChI is InChI=1S/C20H31N7O3S/c1-3-21-20(22-11-12-31(28,29)23-13-16-7-5-4-6-8-16)24-17-9-10-19-25-18(15-30-2)26-27(19)14-17/h4-8,17,23H,3,9-15H2,1-2H3,(H2,21,22,24). The van der Waals surface area contributed by atoms with E-state index in [0.717, 1.165) is 24.2 Å². The molecule has 1 aromatic carbocycles. The molecule has 10 nitrogen and oxygen atoms in total. The zero-order valence-corrected chi connectivity index (χ0v) is 18.9. The molecule has 1 aliphatic rings. The number of aryl methyl sites for hydroxylation is 1. The van der Waals surface area contributed by atoms with Gasteiger partial charge in [0.05, 0.1) is 18.8 Å². The summed E-state index contributed by atoms with van der Waals surface area (Å²) in [6, 6.07) is 9.57. The fraction of sp³-hybridized carbons (Fsp3) is 0.550. The number of hydrogen-bond donors (Lipinski definition) is 3. The van der Waals surface area contributed by atoms with Gasteiger partial charge in [-0.1, -0.05) is 30.3 Å². The molecule has 0 saturated carbocycles. The number of hydrogen-bond acceptors (Lipinski definition) is 6. The van der Waals surface area contributed by atoms with Gasteiger partial charge in [-0.3, -0.25) is 4.99 Å². The summed E-state index contributed by atoms with van der Waals surface area (Å²) in [4.78, 5) is 8.93. The SMILES string of the molecule is CCNC(=NCCS(=O)(=O)NCc1ccccc1)NC1CCc2nc(COC)nn2C1. The van der Waals surface area contributed by atoms with Gasteiger partial charge in [0.2, 0.25) is 10.0 Å². The topological polar surface area (TPSA) is 123 Å². The van der Waals surface area contributed by atoms with E-state index in [4.69, 9.17) is 4.74 Å². The Bertz CT molecular complexity index is 960. The lowest BCUT2D eigenvalue weighted by Crippen LogP contribution is -2.47. The molecule has 31 heavy (non-hydrogen) atoms. The summed E-state index contributed by atoms with van der Waals surface area (Å²) < 4.78 is 34.2. The largest absolute Gasteiger partial charge is 0.377 e. The molecule has 0 saturated heterocycles. The number of ether oxygens (including phenoxy) is 1. The molecular formula is C20H31N7O3S. The number of nitrogens with one attached hydrogen (secondary N) is 3. The van der Waals surface area contributed by atoms with Gasteiger partial charge in [-0.2, -0.15) is 5.10 Å². The molecule has 3 N–H and O–H groups in total. The molecule has 1 atom stereocenters. The Hall–Kier alpha value is -2.50. The van der Waals surface area contributed by atoms with E-state index in [1.807, 2.05) is 41.9 Å². The first-order chi connectivity index (χ1) is 15.0.